The predicted molar refractivity (Wildman–Crippen MR) is 58.8 cm³/mol. The van der Waals surface area contributed by atoms with Crippen molar-refractivity contribution in [3.8, 4) is 5.75 Å². The third-order valence-electron chi connectivity index (χ3n) is 2.08. The summed E-state index contributed by atoms with van der Waals surface area (Å²) in [5.74, 6) is -0.298. The number of nitrogens with two attached hydrogens (primary N) is 1. The van der Waals surface area contributed by atoms with E-state index in [4.69, 9.17) is 10.5 Å². The Kier molecular flexibility index (Phi) is 5.57. The molecule has 0 amide bonds. The minimum Gasteiger partial charge on any atom is -0.494 e. The van der Waals surface area contributed by atoms with E-state index in [1.165, 1.54) is 19.2 Å². The molecule has 1 aromatic rings. The summed E-state index contributed by atoms with van der Waals surface area (Å²) in [7, 11) is 1.40. The van der Waals surface area contributed by atoms with Crippen LogP contribution in [0.1, 0.15) is 18.5 Å². The molecule has 0 spiro atoms. The van der Waals surface area contributed by atoms with Crippen molar-refractivity contribution in [3.05, 3.63) is 29.6 Å². The highest BCUT2D eigenvalue weighted by Gasteiger charge is 2.13. The normalized spacial score (nSPS) is 13.9. The molecule has 0 radical (unpaired) electrons. The van der Waals surface area contributed by atoms with Gasteiger partial charge in [0.05, 0.1) is 19.3 Å². The number of ether oxygens (including phenoxy) is 1. The van der Waals surface area contributed by atoms with Crippen LogP contribution in [0.25, 0.3) is 0 Å². The van der Waals surface area contributed by atoms with Gasteiger partial charge in [0.1, 0.15) is 0 Å². The fourth-order valence-corrected chi connectivity index (χ4v) is 1.17. The summed E-state index contributed by atoms with van der Waals surface area (Å²) >= 11 is 0. The van der Waals surface area contributed by atoms with Gasteiger partial charge in [-0.1, -0.05) is 6.07 Å². The lowest BCUT2D eigenvalue weighted by atomic mass is 10.0. The summed E-state index contributed by atoms with van der Waals surface area (Å²) in [6.07, 6.45) is -0.706. The molecule has 86 valence electrons. The Morgan fingerprint density at radius 2 is 2.07 bits per heavy atom. The van der Waals surface area contributed by atoms with Gasteiger partial charge in [-0.25, -0.2) is 4.39 Å². The molecule has 15 heavy (non-hydrogen) atoms. The maximum Gasteiger partial charge on any atom is 0.165 e. The Morgan fingerprint density at radius 1 is 1.47 bits per heavy atom. The Morgan fingerprint density at radius 3 is 2.47 bits per heavy atom. The highest BCUT2D eigenvalue weighted by molar-refractivity contribution is 5.85. The zero-order chi connectivity index (χ0) is 10.7. The van der Waals surface area contributed by atoms with Crippen LogP contribution in [-0.2, 0) is 0 Å². The van der Waals surface area contributed by atoms with Crippen molar-refractivity contribution >= 4 is 12.4 Å². The Hall–Kier alpha value is -0.840. The standard InChI is InChI=1S/C10H14FNO2.ClH/c1-6(13)10(12)7-3-4-9(14-2)8(11)5-7;/h3-6,10,13H,12H2,1-2H3;1H/t6-,10-;/m1./s1. The predicted octanol–water partition coefficient (Wildman–Crippen LogP) is 1.64. The van der Waals surface area contributed by atoms with Gasteiger partial charge in [0.2, 0.25) is 0 Å². The first kappa shape index (κ1) is 14.2. The topological polar surface area (TPSA) is 55.5 Å². The molecule has 0 aliphatic rings. The summed E-state index contributed by atoms with van der Waals surface area (Å²) in [5, 5.41) is 9.21. The zero-order valence-electron chi connectivity index (χ0n) is 8.61. The molecule has 0 aliphatic heterocycles. The number of methoxy groups -OCH3 is 1. The van der Waals surface area contributed by atoms with Gasteiger partial charge in [0.25, 0.3) is 0 Å². The van der Waals surface area contributed by atoms with Crippen molar-refractivity contribution in [3.63, 3.8) is 0 Å². The van der Waals surface area contributed by atoms with Crippen LogP contribution in [0.15, 0.2) is 18.2 Å². The van der Waals surface area contributed by atoms with E-state index in [0.717, 1.165) is 0 Å². The second kappa shape index (κ2) is 5.90. The molecular formula is C10H15ClFNO2. The molecule has 5 heteroatoms. The van der Waals surface area contributed by atoms with Crippen molar-refractivity contribution in [2.45, 2.75) is 19.1 Å². The number of aliphatic hydroxyl groups excluding tert-OH is 1. The minimum atomic E-state index is -0.706. The quantitative estimate of drug-likeness (QED) is 0.838. The van der Waals surface area contributed by atoms with Crippen molar-refractivity contribution in [1.29, 1.82) is 0 Å². The molecule has 0 heterocycles. The van der Waals surface area contributed by atoms with Crippen LogP contribution in [0, 0.1) is 5.82 Å². The lowest BCUT2D eigenvalue weighted by Gasteiger charge is -2.15. The van der Waals surface area contributed by atoms with Crippen LogP contribution in [0.5, 0.6) is 5.75 Å². The van der Waals surface area contributed by atoms with Crippen molar-refractivity contribution < 1.29 is 14.2 Å². The Bertz CT molecular complexity index is 320. The molecule has 3 N–H and O–H groups in total. The van der Waals surface area contributed by atoms with E-state index < -0.39 is 18.0 Å². The van der Waals surface area contributed by atoms with Crippen LogP contribution >= 0.6 is 12.4 Å². The van der Waals surface area contributed by atoms with Gasteiger partial charge in [-0.3, -0.25) is 0 Å². The smallest absolute Gasteiger partial charge is 0.165 e. The minimum absolute atomic E-state index is 0. The fraction of sp³-hybridized carbons (Fsp3) is 0.400. The van der Waals surface area contributed by atoms with Crippen molar-refractivity contribution in [2.24, 2.45) is 5.73 Å². The average Bonchev–Trinajstić information content (AvgIpc) is 2.16. The molecule has 0 unspecified atom stereocenters. The Labute approximate surface area is 94.5 Å². The largest absolute Gasteiger partial charge is 0.494 e. The lowest BCUT2D eigenvalue weighted by molar-refractivity contribution is 0.164. The summed E-state index contributed by atoms with van der Waals surface area (Å²) in [5.41, 5.74) is 6.19. The number of benzene rings is 1. The number of aliphatic hydroxyl groups is 1. The first-order chi connectivity index (χ1) is 6.56. The van der Waals surface area contributed by atoms with Crippen LogP contribution < -0.4 is 10.5 Å². The number of rotatable bonds is 3. The third-order valence-corrected chi connectivity index (χ3v) is 2.08. The molecule has 2 atom stereocenters. The maximum absolute atomic E-state index is 13.2. The van der Waals surface area contributed by atoms with Gasteiger partial charge < -0.3 is 15.6 Å². The molecule has 1 aromatic carbocycles. The zero-order valence-corrected chi connectivity index (χ0v) is 9.42. The lowest BCUT2D eigenvalue weighted by Crippen LogP contribution is -2.23. The van der Waals surface area contributed by atoms with E-state index in [-0.39, 0.29) is 18.2 Å². The van der Waals surface area contributed by atoms with E-state index in [9.17, 15) is 9.50 Å². The van der Waals surface area contributed by atoms with E-state index in [1.54, 1.807) is 13.0 Å². The van der Waals surface area contributed by atoms with Crippen LogP contribution in [-0.4, -0.2) is 18.3 Å². The second-order valence-corrected chi connectivity index (χ2v) is 3.16. The highest BCUT2D eigenvalue weighted by atomic mass is 35.5. The van der Waals surface area contributed by atoms with Crippen LogP contribution in [0.4, 0.5) is 4.39 Å². The molecule has 3 nitrogen and oxygen atoms in total. The molecule has 0 aliphatic carbocycles. The van der Waals surface area contributed by atoms with Crippen molar-refractivity contribution in [2.75, 3.05) is 7.11 Å². The van der Waals surface area contributed by atoms with Crippen LogP contribution in [0.3, 0.4) is 0 Å². The van der Waals surface area contributed by atoms with Crippen LogP contribution in [0.2, 0.25) is 0 Å². The van der Waals surface area contributed by atoms with E-state index in [2.05, 4.69) is 0 Å². The first-order valence-corrected chi connectivity index (χ1v) is 4.33. The summed E-state index contributed by atoms with van der Waals surface area (Å²) in [6.45, 7) is 1.56. The van der Waals surface area contributed by atoms with Gasteiger partial charge in [-0.15, -0.1) is 12.4 Å². The molecule has 0 aromatic heterocycles. The van der Waals surface area contributed by atoms with Gasteiger partial charge in [-0.2, -0.15) is 0 Å². The Balaban J connectivity index is 0.00000196. The van der Waals surface area contributed by atoms with Gasteiger partial charge in [0.15, 0.2) is 11.6 Å². The van der Waals surface area contributed by atoms with Gasteiger partial charge in [-0.05, 0) is 24.6 Å². The van der Waals surface area contributed by atoms with E-state index in [0.29, 0.717) is 5.56 Å². The molecule has 0 fully saturated rings. The molecule has 0 bridgehead atoms. The highest BCUT2D eigenvalue weighted by Crippen LogP contribution is 2.22. The number of hydrogen-bond donors (Lipinski definition) is 2. The second-order valence-electron chi connectivity index (χ2n) is 3.16. The number of hydrogen-bond acceptors (Lipinski definition) is 3. The third kappa shape index (κ3) is 3.34. The summed E-state index contributed by atoms with van der Waals surface area (Å²) in [4.78, 5) is 0. The molecule has 1 rings (SSSR count). The SMILES string of the molecule is COc1ccc([C@H](N)[C@@H](C)O)cc1F.Cl. The van der Waals surface area contributed by atoms with E-state index >= 15 is 0 Å². The summed E-state index contributed by atoms with van der Waals surface area (Å²) < 4.78 is 18.0. The fourth-order valence-electron chi connectivity index (χ4n) is 1.17. The average molecular weight is 236 g/mol. The van der Waals surface area contributed by atoms with E-state index in [1.807, 2.05) is 0 Å². The monoisotopic (exact) mass is 235 g/mol. The van der Waals surface area contributed by atoms with Gasteiger partial charge >= 0.3 is 0 Å². The molecule has 0 saturated carbocycles. The van der Waals surface area contributed by atoms with Crippen molar-refractivity contribution in [1.82, 2.24) is 0 Å². The summed E-state index contributed by atoms with van der Waals surface area (Å²) in [6, 6.07) is 3.83. The number of halogens is 2. The van der Waals surface area contributed by atoms with Gasteiger partial charge in [0, 0.05) is 0 Å². The molecular weight excluding hydrogens is 221 g/mol. The maximum atomic E-state index is 13.2. The first-order valence-electron chi connectivity index (χ1n) is 4.33. The molecule has 0 saturated heterocycles.